The second kappa shape index (κ2) is 7.15. The fraction of sp³-hybridized carbons (Fsp3) is 0.526. The van der Waals surface area contributed by atoms with Crippen LogP contribution in [0.2, 0.25) is 0 Å². The lowest BCUT2D eigenvalue weighted by molar-refractivity contribution is 0.0544. The van der Waals surface area contributed by atoms with Gasteiger partial charge in [-0.3, -0.25) is 4.68 Å². The predicted molar refractivity (Wildman–Crippen MR) is 93.6 cm³/mol. The number of aliphatic hydroxyl groups is 1. The zero-order valence-electron chi connectivity index (χ0n) is 14.5. The van der Waals surface area contributed by atoms with E-state index in [0.717, 1.165) is 43.1 Å². The van der Waals surface area contributed by atoms with E-state index >= 15 is 0 Å². The molecule has 0 unspecified atom stereocenters. The first-order chi connectivity index (χ1) is 12.2. The smallest absolute Gasteiger partial charge is 0.124 e. The molecule has 0 saturated carbocycles. The maximum atomic E-state index is 10.3. The van der Waals surface area contributed by atoms with E-state index in [1.807, 2.05) is 31.2 Å². The molecule has 1 fully saturated rings. The van der Waals surface area contributed by atoms with Crippen molar-refractivity contribution in [1.82, 2.24) is 15.1 Å². The van der Waals surface area contributed by atoms with E-state index in [-0.39, 0.29) is 6.04 Å². The Bertz CT molecular complexity index is 724. The number of nitrogens with one attached hydrogen (secondary N) is 1. The molecule has 1 saturated heterocycles. The van der Waals surface area contributed by atoms with Gasteiger partial charge in [0.15, 0.2) is 0 Å². The summed E-state index contributed by atoms with van der Waals surface area (Å²) in [4.78, 5) is 0. The third-order valence-corrected chi connectivity index (χ3v) is 5.14. The molecule has 0 aliphatic carbocycles. The largest absolute Gasteiger partial charge is 0.490 e. The van der Waals surface area contributed by atoms with Gasteiger partial charge in [-0.1, -0.05) is 18.2 Å². The van der Waals surface area contributed by atoms with E-state index < -0.39 is 6.10 Å². The van der Waals surface area contributed by atoms with Crippen LogP contribution in [0.1, 0.15) is 41.7 Å². The number of aromatic nitrogens is 2. The Kier molecular flexibility index (Phi) is 4.74. The number of para-hydroxylation sites is 1. The number of aliphatic hydroxyl groups excluding tert-OH is 1. The van der Waals surface area contributed by atoms with E-state index in [1.165, 1.54) is 5.56 Å². The van der Waals surface area contributed by atoms with Gasteiger partial charge in [-0.25, -0.2) is 0 Å². The molecule has 1 aromatic heterocycles. The molecular formula is C19H25N3O3. The van der Waals surface area contributed by atoms with Gasteiger partial charge in [-0.2, -0.15) is 5.10 Å². The average molecular weight is 343 g/mol. The second-order valence-corrected chi connectivity index (χ2v) is 6.84. The molecule has 2 aromatic rings. The topological polar surface area (TPSA) is 68.5 Å². The predicted octanol–water partition coefficient (Wildman–Crippen LogP) is 2.13. The Labute approximate surface area is 147 Å². The fourth-order valence-corrected chi connectivity index (χ4v) is 3.64. The lowest BCUT2D eigenvalue weighted by Crippen LogP contribution is -2.39. The first-order valence-electron chi connectivity index (χ1n) is 8.98. The van der Waals surface area contributed by atoms with Crippen LogP contribution >= 0.6 is 0 Å². The molecule has 2 atom stereocenters. The highest BCUT2D eigenvalue weighted by Crippen LogP contribution is 2.32. The van der Waals surface area contributed by atoms with E-state index in [1.54, 1.807) is 0 Å². The molecule has 4 rings (SSSR count). The SMILES string of the molecule is Cc1nn(C2CCOCC2)cc1CN[C@H]1c2ccccc2OC[C@@H]1O. The molecule has 25 heavy (non-hydrogen) atoms. The summed E-state index contributed by atoms with van der Waals surface area (Å²) in [5.74, 6) is 0.847. The molecule has 2 N–H and O–H groups in total. The quantitative estimate of drug-likeness (QED) is 0.890. The van der Waals surface area contributed by atoms with Gasteiger partial charge in [-0.05, 0) is 25.8 Å². The Morgan fingerprint density at radius 2 is 2.08 bits per heavy atom. The minimum atomic E-state index is -0.555. The maximum absolute atomic E-state index is 10.3. The summed E-state index contributed by atoms with van der Waals surface area (Å²) >= 11 is 0. The fourth-order valence-electron chi connectivity index (χ4n) is 3.64. The van der Waals surface area contributed by atoms with Gasteiger partial charge in [0.1, 0.15) is 18.5 Å². The third kappa shape index (κ3) is 3.42. The lowest BCUT2D eigenvalue weighted by Gasteiger charge is -2.31. The summed E-state index contributed by atoms with van der Waals surface area (Å²) in [5.41, 5.74) is 3.22. The first-order valence-corrected chi connectivity index (χ1v) is 8.98. The Hall–Kier alpha value is -1.89. The summed E-state index contributed by atoms with van der Waals surface area (Å²) in [6.45, 7) is 4.64. The van der Waals surface area contributed by atoms with E-state index in [4.69, 9.17) is 14.6 Å². The number of ether oxygens (including phenoxy) is 2. The molecule has 6 heteroatoms. The number of benzene rings is 1. The van der Waals surface area contributed by atoms with Crippen LogP contribution in [0.4, 0.5) is 0 Å². The van der Waals surface area contributed by atoms with Crippen molar-refractivity contribution in [3.05, 3.63) is 47.3 Å². The van der Waals surface area contributed by atoms with Crippen molar-refractivity contribution in [1.29, 1.82) is 0 Å². The third-order valence-electron chi connectivity index (χ3n) is 5.14. The zero-order valence-corrected chi connectivity index (χ0v) is 14.5. The minimum absolute atomic E-state index is 0.129. The molecule has 1 aromatic carbocycles. The average Bonchev–Trinajstić information content (AvgIpc) is 3.02. The van der Waals surface area contributed by atoms with Crippen LogP contribution in [0, 0.1) is 6.92 Å². The Morgan fingerprint density at radius 1 is 1.28 bits per heavy atom. The second-order valence-electron chi connectivity index (χ2n) is 6.84. The summed E-state index contributed by atoms with van der Waals surface area (Å²) < 4.78 is 13.1. The van der Waals surface area contributed by atoms with Crippen molar-refractivity contribution >= 4 is 0 Å². The molecule has 2 aliphatic rings. The highest BCUT2D eigenvalue weighted by atomic mass is 16.5. The number of aryl methyl sites for hydroxylation is 1. The zero-order chi connectivity index (χ0) is 17.2. The first kappa shape index (κ1) is 16.6. The molecule has 134 valence electrons. The summed E-state index contributed by atoms with van der Waals surface area (Å²) in [6, 6.07) is 8.18. The van der Waals surface area contributed by atoms with Crippen LogP contribution in [0.5, 0.6) is 5.75 Å². The highest BCUT2D eigenvalue weighted by Gasteiger charge is 2.29. The Morgan fingerprint density at radius 3 is 2.92 bits per heavy atom. The maximum Gasteiger partial charge on any atom is 0.124 e. The molecule has 2 aliphatic heterocycles. The van der Waals surface area contributed by atoms with Crippen LogP contribution in [-0.4, -0.2) is 40.8 Å². The van der Waals surface area contributed by atoms with Gasteiger partial charge in [-0.15, -0.1) is 0 Å². The minimum Gasteiger partial charge on any atom is -0.490 e. The van der Waals surface area contributed by atoms with Gasteiger partial charge in [0.05, 0.1) is 17.8 Å². The lowest BCUT2D eigenvalue weighted by atomic mass is 9.98. The van der Waals surface area contributed by atoms with Crippen LogP contribution < -0.4 is 10.1 Å². The summed E-state index contributed by atoms with van der Waals surface area (Å²) in [6.07, 6.45) is 3.61. The normalized spacial score (nSPS) is 23.9. The number of hydrogen-bond donors (Lipinski definition) is 2. The van der Waals surface area contributed by atoms with Gasteiger partial charge in [0, 0.05) is 37.1 Å². The van der Waals surface area contributed by atoms with Crippen molar-refractivity contribution in [2.75, 3.05) is 19.8 Å². The van der Waals surface area contributed by atoms with E-state index in [0.29, 0.717) is 19.2 Å². The summed E-state index contributed by atoms with van der Waals surface area (Å²) in [7, 11) is 0. The highest BCUT2D eigenvalue weighted by molar-refractivity contribution is 5.38. The number of nitrogens with zero attached hydrogens (tertiary/aromatic N) is 2. The standard InChI is InChI=1S/C19H25N3O3/c1-13-14(11-22(21-13)15-6-8-24-9-7-15)10-20-19-16-4-2-3-5-18(16)25-12-17(19)23/h2-5,11,15,17,19-20,23H,6-10,12H2,1H3/t17-,19-/m0/s1. The monoisotopic (exact) mass is 343 g/mol. The van der Waals surface area contributed by atoms with Gasteiger partial charge >= 0.3 is 0 Å². The van der Waals surface area contributed by atoms with Crippen molar-refractivity contribution in [2.24, 2.45) is 0 Å². The van der Waals surface area contributed by atoms with Crippen LogP contribution in [-0.2, 0) is 11.3 Å². The number of hydrogen-bond acceptors (Lipinski definition) is 5. The van der Waals surface area contributed by atoms with E-state index in [2.05, 4.69) is 16.2 Å². The van der Waals surface area contributed by atoms with Crippen molar-refractivity contribution < 1.29 is 14.6 Å². The molecule has 0 spiro atoms. The van der Waals surface area contributed by atoms with Gasteiger partial charge in [0.25, 0.3) is 0 Å². The molecule has 0 amide bonds. The molecule has 6 nitrogen and oxygen atoms in total. The number of fused-ring (bicyclic) bond motifs is 1. The van der Waals surface area contributed by atoms with Crippen molar-refractivity contribution in [2.45, 2.75) is 44.5 Å². The van der Waals surface area contributed by atoms with Gasteiger partial charge < -0.3 is 19.9 Å². The van der Waals surface area contributed by atoms with Crippen LogP contribution in [0.25, 0.3) is 0 Å². The van der Waals surface area contributed by atoms with E-state index in [9.17, 15) is 5.11 Å². The summed E-state index contributed by atoms with van der Waals surface area (Å²) in [5, 5.41) is 18.5. The molecule has 3 heterocycles. The number of rotatable bonds is 4. The Balaban J connectivity index is 1.47. The molecular weight excluding hydrogens is 318 g/mol. The van der Waals surface area contributed by atoms with Crippen molar-refractivity contribution in [3.8, 4) is 5.75 Å². The van der Waals surface area contributed by atoms with Crippen LogP contribution in [0.3, 0.4) is 0 Å². The van der Waals surface area contributed by atoms with Crippen LogP contribution in [0.15, 0.2) is 30.5 Å². The van der Waals surface area contributed by atoms with Gasteiger partial charge in [0.2, 0.25) is 0 Å². The van der Waals surface area contributed by atoms with Crippen molar-refractivity contribution in [3.63, 3.8) is 0 Å². The molecule has 0 bridgehead atoms. The molecule has 0 radical (unpaired) electrons.